The van der Waals surface area contributed by atoms with Gasteiger partial charge in [-0.1, -0.05) is 48.5 Å². The zero-order chi connectivity index (χ0) is 23.8. The zero-order valence-electron chi connectivity index (χ0n) is 18.0. The van der Waals surface area contributed by atoms with Crippen LogP contribution >= 0.6 is 0 Å². The molecule has 10 heteroatoms. The molecule has 7 nitrogen and oxygen atoms in total. The third-order valence-electron chi connectivity index (χ3n) is 4.79. The van der Waals surface area contributed by atoms with E-state index in [0.717, 1.165) is 23.4 Å². The first-order valence-corrected chi connectivity index (χ1v) is 10.5. The number of anilines is 3. The molecule has 4 aromatic rings. The van der Waals surface area contributed by atoms with E-state index in [1.807, 2.05) is 48.5 Å². The van der Waals surface area contributed by atoms with Crippen molar-refractivity contribution in [2.24, 2.45) is 0 Å². The largest absolute Gasteiger partial charge is 0.416 e. The number of benzene rings is 2. The van der Waals surface area contributed by atoms with Crippen LogP contribution in [-0.4, -0.2) is 19.9 Å². The van der Waals surface area contributed by atoms with Gasteiger partial charge in [-0.3, -0.25) is 4.98 Å². The number of halogens is 3. The molecule has 34 heavy (non-hydrogen) atoms. The average Bonchev–Trinajstić information content (AvgIpc) is 2.86. The van der Waals surface area contributed by atoms with Crippen molar-refractivity contribution in [3.05, 3.63) is 101 Å². The van der Waals surface area contributed by atoms with E-state index in [1.54, 1.807) is 12.3 Å². The van der Waals surface area contributed by atoms with Crippen molar-refractivity contribution in [1.29, 1.82) is 0 Å². The maximum Gasteiger partial charge on any atom is 0.416 e. The lowest BCUT2D eigenvalue weighted by Gasteiger charge is -2.12. The Balaban J connectivity index is 1.50. The number of aromatic nitrogens is 4. The number of alkyl halides is 3. The van der Waals surface area contributed by atoms with Crippen molar-refractivity contribution in [3.8, 4) is 0 Å². The molecule has 3 N–H and O–H groups in total. The predicted molar refractivity (Wildman–Crippen MR) is 124 cm³/mol. The van der Waals surface area contributed by atoms with Crippen LogP contribution in [0.5, 0.6) is 0 Å². The van der Waals surface area contributed by atoms with Crippen molar-refractivity contribution in [2.45, 2.75) is 25.8 Å². The summed E-state index contributed by atoms with van der Waals surface area (Å²) < 4.78 is 39.0. The van der Waals surface area contributed by atoms with E-state index in [1.165, 1.54) is 6.07 Å². The summed E-state index contributed by atoms with van der Waals surface area (Å²) in [5.41, 5.74) is 1.60. The number of rotatable bonds is 9. The molecule has 4 rings (SSSR count). The van der Waals surface area contributed by atoms with Crippen molar-refractivity contribution in [2.75, 3.05) is 16.0 Å². The Labute approximate surface area is 194 Å². The molecule has 0 aliphatic rings. The lowest BCUT2D eigenvalue weighted by atomic mass is 10.1. The highest BCUT2D eigenvalue weighted by Crippen LogP contribution is 2.29. The van der Waals surface area contributed by atoms with Crippen molar-refractivity contribution in [1.82, 2.24) is 19.9 Å². The molecule has 0 bridgehead atoms. The van der Waals surface area contributed by atoms with Gasteiger partial charge in [-0.2, -0.15) is 28.1 Å². The van der Waals surface area contributed by atoms with Crippen molar-refractivity contribution >= 4 is 17.8 Å². The first-order valence-electron chi connectivity index (χ1n) is 10.5. The van der Waals surface area contributed by atoms with Gasteiger partial charge in [0, 0.05) is 19.3 Å². The highest BCUT2D eigenvalue weighted by molar-refractivity contribution is 5.43. The fraction of sp³-hybridized carbons (Fsp3) is 0.167. The Morgan fingerprint density at radius 2 is 1.21 bits per heavy atom. The molecule has 0 spiro atoms. The van der Waals surface area contributed by atoms with Crippen LogP contribution in [0.3, 0.4) is 0 Å². The molecule has 0 saturated carbocycles. The van der Waals surface area contributed by atoms with E-state index in [-0.39, 0.29) is 12.5 Å². The minimum Gasteiger partial charge on any atom is -0.350 e. The Morgan fingerprint density at radius 3 is 1.82 bits per heavy atom. The average molecular weight is 465 g/mol. The van der Waals surface area contributed by atoms with Crippen LogP contribution < -0.4 is 16.0 Å². The van der Waals surface area contributed by atoms with E-state index in [9.17, 15) is 13.2 Å². The standard InChI is InChI=1S/C24H22F3N7/c25-24(26,27)19-10-6-9-18(13-19)15-30-22-32-21(29-14-17-7-2-1-3-8-17)33-23(34-22)31-16-20-11-4-5-12-28-20/h1-13H,14-16H2,(H3,29,30,31,32,33,34). The van der Waals surface area contributed by atoms with Crippen molar-refractivity contribution in [3.63, 3.8) is 0 Å². The third-order valence-corrected chi connectivity index (χ3v) is 4.79. The molecule has 174 valence electrons. The summed E-state index contributed by atoms with van der Waals surface area (Å²) in [5, 5.41) is 9.27. The zero-order valence-corrected chi connectivity index (χ0v) is 18.0. The lowest BCUT2D eigenvalue weighted by molar-refractivity contribution is -0.137. The topological polar surface area (TPSA) is 87.7 Å². The Hall–Kier alpha value is -4.21. The Kier molecular flexibility index (Phi) is 7.16. The predicted octanol–water partition coefficient (Wildman–Crippen LogP) is 5.12. The Morgan fingerprint density at radius 1 is 0.618 bits per heavy atom. The summed E-state index contributed by atoms with van der Waals surface area (Å²) in [6.45, 7) is 1.01. The normalized spacial score (nSPS) is 11.1. The summed E-state index contributed by atoms with van der Waals surface area (Å²) in [6.07, 6.45) is -2.71. The fourth-order valence-corrected chi connectivity index (χ4v) is 3.10. The van der Waals surface area contributed by atoms with Crippen LogP contribution in [0.1, 0.15) is 22.4 Å². The summed E-state index contributed by atoms with van der Waals surface area (Å²) in [4.78, 5) is 17.4. The lowest BCUT2D eigenvalue weighted by Crippen LogP contribution is -2.13. The summed E-state index contributed by atoms with van der Waals surface area (Å²) >= 11 is 0. The van der Waals surface area contributed by atoms with E-state index in [2.05, 4.69) is 35.9 Å². The monoisotopic (exact) mass is 465 g/mol. The molecule has 0 radical (unpaired) electrons. The summed E-state index contributed by atoms with van der Waals surface area (Å²) in [7, 11) is 0. The van der Waals surface area contributed by atoms with Gasteiger partial charge in [0.1, 0.15) is 0 Å². The van der Waals surface area contributed by atoms with Crippen LogP contribution in [0, 0.1) is 0 Å². The molecule has 2 aromatic carbocycles. The molecule has 0 unspecified atom stereocenters. The minimum absolute atomic E-state index is 0.117. The second kappa shape index (κ2) is 10.6. The van der Waals surface area contributed by atoms with Crippen molar-refractivity contribution < 1.29 is 13.2 Å². The van der Waals surface area contributed by atoms with Gasteiger partial charge < -0.3 is 16.0 Å². The number of hydrogen-bond acceptors (Lipinski definition) is 7. The second-order valence-corrected chi connectivity index (χ2v) is 7.37. The van der Waals surface area contributed by atoms with Gasteiger partial charge in [-0.15, -0.1) is 0 Å². The number of hydrogen-bond donors (Lipinski definition) is 3. The molecule has 0 aliphatic carbocycles. The van der Waals surface area contributed by atoms with Gasteiger partial charge in [-0.05, 0) is 35.4 Å². The summed E-state index contributed by atoms with van der Waals surface area (Å²) in [5.74, 6) is 0.864. The van der Waals surface area contributed by atoms with E-state index < -0.39 is 11.7 Å². The molecule has 2 aromatic heterocycles. The Bertz CT molecular complexity index is 1140. The number of nitrogens with zero attached hydrogens (tertiary/aromatic N) is 4. The first kappa shape index (κ1) is 23.0. The molecule has 2 heterocycles. The smallest absolute Gasteiger partial charge is 0.350 e. The maximum absolute atomic E-state index is 13.0. The van der Waals surface area contributed by atoms with E-state index >= 15 is 0 Å². The molecule has 0 amide bonds. The van der Waals surface area contributed by atoms with Crippen LogP contribution in [0.15, 0.2) is 79.0 Å². The number of pyridine rings is 1. The van der Waals surface area contributed by atoms with Gasteiger partial charge in [0.25, 0.3) is 0 Å². The van der Waals surface area contributed by atoms with Gasteiger partial charge in [-0.25, -0.2) is 0 Å². The van der Waals surface area contributed by atoms with E-state index in [4.69, 9.17) is 0 Å². The molecular weight excluding hydrogens is 443 g/mol. The highest BCUT2D eigenvalue weighted by atomic mass is 19.4. The maximum atomic E-state index is 13.0. The van der Waals surface area contributed by atoms with E-state index in [0.29, 0.717) is 30.5 Å². The molecular formula is C24H22F3N7. The molecule has 0 fully saturated rings. The molecule has 0 atom stereocenters. The van der Waals surface area contributed by atoms with Crippen LogP contribution in [0.25, 0.3) is 0 Å². The second-order valence-electron chi connectivity index (χ2n) is 7.37. The van der Waals surface area contributed by atoms with Gasteiger partial charge in [0.2, 0.25) is 17.8 Å². The van der Waals surface area contributed by atoms with Gasteiger partial charge in [0.15, 0.2) is 0 Å². The van der Waals surface area contributed by atoms with Crippen LogP contribution in [0.2, 0.25) is 0 Å². The highest BCUT2D eigenvalue weighted by Gasteiger charge is 2.30. The van der Waals surface area contributed by atoms with Gasteiger partial charge in [0.05, 0.1) is 17.8 Å². The SMILES string of the molecule is FC(F)(F)c1cccc(CNc2nc(NCc3ccccc3)nc(NCc3ccccn3)n2)c1. The van der Waals surface area contributed by atoms with Gasteiger partial charge >= 0.3 is 6.18 Å². The quantitative estimate of drug-likeness (QED) is 0.316. The summed E-state index contributed by atoms with van der Waals surface area (Å²) in [6, 6.07) is 20.5. The first-order chi connectivity index (χ1) is 16.5. The fourth-order valence-electron chi connectivity index (χ4n) is 3.10. The van der Waals surface area contributed by atoms with Crippen LogP contribution in [0.4, 0.5) is 31.0 Å². The molecule has 0 saturated heterocycles. The van der Waals surface area contributed by atoms with Crippen LogP contribution in [-0.2, 0) is 25.8 Å². The number of nitrogens with one attached hydrogen (secondary N) is 3. The molecule has 0 aliphatic heterocycles. The third kappa shape index (κ3) is 6.64. The minimum atomic E-state index is -4.40.